The third-order valence-electron chi connectivity index (χ3n) is 6.08. The van der Waals surface area contributed by atoms with Crippen LogP contribution in [0, 0.1) is 0 Å². The fraction of sp³-hybridized carbons (Fsp3) is 0.370. The fourth-order valence-electron chi connectivity index (χ4n) is 4.46. The molecule has 6 nitrogen and oxygen atoms in total. The first-order chi connectivity index (χ1) is 16.7. The Bertz CT molecular complexity index is 1070. The summed E-state index contributed by atoms with van der Waals surface area (Å²) in [6, 6.07) is 16.0. The summed E-state index contributed by atoms with van der Waals surface area (Å²) >= 11 is 1.56. The van der Waals surface area contributed by atoms with Crippen LogP contribution in [0.5, 0.6) is 5.75 Å². The van der Waals surface area contributed by atoms with E-state index in [2.05, 4.69) is 10.3 Å². The number of thiophene rings is 1. The summed E-state index contributed by atoms with van der Waals surface area (Å²) in [6.07, 6.45) is 6.94. The van der Waals surface area contributed by atoms with Crippen molar-refractivity contribution in [2.75, 3.05) is 6.61 Å². The van der Waals surface area contributed by atoms with Gasteiger partial charge in [0.1, 0.15) is 17.5 Å². The molecule has 2 heterocycles. The molecule has 1 atom stereocenters. The largest absolute Gasteiger partial charge is 0.494 e. The van der Waals surface area contributed by atoms with Gasteiger partial charge in [-0.25, -0.2) is 0 Å². The molecular weight excluding hydrogens is 446 g/mol. The van der Waals surface area contributed by atoms with Gasteiger partial charge in [-0.3, -0.25) is 14.6 Å². The van der Waals surface area contributed by atoms with Crippen LogP contribution in [0.4, 0.5) is 0 Å². The zero-order valence-electron chi connectivity index (χ0n) is 19.5. The van der Waals surface area contributed by atoms with E-state index in [-0.39, 0.29) is 17.9 Å². The van der Waals surface area contributed by atoms with Crippen LogP contribution in [0.25, 0.3) is 0 Å². The first kappa shape index (κ1) is 24.0. The van der Waals surface area contributed by atoms with E-state index in [4.69, 9.17) is 4.74 Å². The summed E-state index contributed by atoms with van der Waals surface area (Å²) in [4.78, 5) is 34.6. The van der Waals surface area contributed by atoms with Crippen molar-refractivity contribution in [3.63, 3.8) is 0 Å². The van der Waals surface area contributed by atoms with Crippen molar-refractivity contribution in [2.45, 2.75) is 57.7 Å². The molecule has 1 aromatic carbocycles. The first-order valence-corrected chi connectivity index (χ1v) is 12.8. The van der Waals surface area contributed by atoms with Crippen LogP contribution in [-0.2, 0) is 11.3 Å². The lowest BCUT2D eigenvalue weighted by atomic mass is 9.94. The number of ether oxygens (including phenoxy) is 1. The predicted octanol–water partition coefficient (Wildman–Crippen LogP) is 5.37. The molecule has 0 radical (unpaired) electrons. The number of pyridine rings is 1. The fourth-order valence-corrected chi connectivity index (χ4v) is 5.16. The highest BCUT2D eigenvalue weighted by molar-refractivity contribution is 7.09. The van der Waals surface area contributed by atoms with Crippen molar-refractivity contribution >= 4 is 23.2 Å². The van der Waals surface area contributed by atoms with E-state index in [1.165, 1.54) is 6.42 Å². The molecule has 178 valence electrons. The van der Waals surface area contributed by atoms with Crippen LogP contribution in [-0.4, -0.2) is 34.3 Å². The summed E-state index contributed by atoms with van der Waals surface area (Å²) < 4.78 is 5.90. The Kier molecular flexibility index (Phi) is 8.31. The van der Waals surface area contributed by atoms with Gasteiger partial charge in [-0.2, -0.15) is 0 Å². The molecule has 2 amide bonds. The number of benzene rings is 1. The summed E-state index contributed by atoms with van der Waals surface area (Å²) in [5.41, 5.74) is 0.988. The molecular formula is C27H31N3O3S. The Morgan fingerprint density at radius 2 is 1.88 bits per heavy atom. The van der Waals surface area contributed by atoms with Crippen LogP contribution >= 0.6 is 11.3 Å². The second kappa shape index (κ2) is 11.8. The molecule has 1 aliphatic carbocycles. The van der Waals surface area contributed by atoms with Gasteiger partial charge in [0.2, 0.25) is 5.91 Å². The Morgan fingerprint density at radius 1 is 1.09 bits per heavy atom. The molecule has 0 bridgehead atoms. The Hall–Kier alpha value is -3.19. The molecule has 34 heavy (non-hydrogen) atoms. The van der Waals surface area contributed by atoms with E-state index in [1.54, 1.807) is 40.6 Å². The first-order valence-electron chi connectivity index (χ1n) is 11.9. The Balaban J connectivity index is 1.76. The average Bonchev–Trinajstić information content (AvgIpc) is 3.39. The summed E-state index contributed by atoms with van der Waals surface area (Å²) in [6.45, 7) is 2.68. The van der Waals surface area contributed by atoms with Crippen LogP contribution in [0.2, 0.25) is 0 Å². The number of nitrogens with one attached hydrogen (secondary N) is 1. The molecule has 2 aromatic heterocycles. The Morgan fingerprint density at radius 3 is 2.59 bits per heavy atom. The third-order valence-corrected chi connectivity index (χ3v) is 6.94. The van der Waals surface area contributed by atoms with Gasteiger partial charge in [0.15, 0.2) is 0 Å². The molecule has 1 saturated carbocycles. The second-order valence-electron chi connectivity index (χ2n) is 8.44. The van der Waals surface area contributed by atoms with Gasteiger partial charge in [0.05, 0.1) is 13.2 Å². The monoisotopic (exact) mass is 477 g/mol. The molecule has 4 rings (SSSR count). The molecule has 1 aliphatic rings. The average molecular weight is 478 g/mol. The van der Waals surface area contributed by atoms with E-state index in [0.29, 0.717) is 30.2 Å². The zero-order chi connectivity index (χ0) is 23.8. The van der Waals surface area contributed by atoms with Gasteiger partial charge in [0.25, 0.3) is 5.91 Å². The zero-order valence-corrected chi connectivity index (χ0v) is 20.3. The maximum Gasteiger partial charge on any atom is 0.273 e. The molecule has 1 unspecified atom stereocenters. The van der Waals surface area contributed by atoms with E-state index >= 15 is 0 Å². The van der Waals surface area contributed by atoms with Gasteiger partial charge >= 0.3 is 0 Å². The Labute approximate surface area is 205 Å². The molecule has 1 fully saturated rings. The molecule has 3 aromatic rings. The quantitative estimate of drug-likeness (QED) is 0.449. The van der Waals surface area contributed by atoms with E-state index < -0.39 is 6.04 Å². The van der Waals surface area contributed by atoms with Gasteiger partial charge < -0.3 is 15.0 Å². The number of carbonyl (C=O) groups is 2. The number of para-hydroxylation sites is 1. The highest BCUT2D eigenvalue weighted by atomic mass is 32.1. The lowest BCUT2D eigenvalue weighted by Crippen LogP contribution is -2.47. The van der Waals surface area contributed by atoms with Gasteiger partial charge in [-0.1, -0.05) is 49.6 Å². The molecule has 7 heteroatoms. The van der Waals surface area contributed by atoms with Crippen molar-refractivity contribution in [2.24, 2.45) is 0 Å². The van der Waals surface area contributed by atoms with Crippen molar-refractivity contribution in [1.29, 1.82) is 0 Å². The maximum atomic E-state index is 13.9. The summed E-state index contributed by atoms with van der Waals surface area (Å²) in [5, 5.41) is 5.22. The number of rotatable bonds is 9. The van der Waals surface area contributed by atoms with E-state index in [0.717, 1.165) is 30.6 Å². The number of amides is 2. The topological polar surface area (TPSA) is 71.5 Å². The standard InChI is InChI=1S/C27H31N3O3S/c1-2-33-24-16-7-6-14-22(24)25(26(31)29-20-11-4-3-5-12-20)30(19-21-13-10-18-34-21)27(32)23-15-8-9-17-28-23/h6-10,13-18,20,25H,2-5,11-12,19H2,1H3,(H,29,31). The van der Waals surface area contributed by atoms with Crippen LogP contribution < -0.4 is 10.1 Å². The SMILES string of the molecule is CCOc1ccccc1C(C(=O)NC1CCCCC1)N(Cc1cccs1)C(=O)c1ccccn1. The molecule has 0 aliphatic heterocycles. The van der Waals surface area contributed by atoms with Crippen LogP contribution in [0.15, 0.2) is 66.2 Å². The van der Waals surface area contributed by atoms with Gasteiger partial charge in [-0.15, -0.1) is 11.3 Å². The molecule has 0 saturated heterocycles. The lowest BCUT2D eigenvalue weighted by Gasteiger charge is -2.33. The van der Waals surface area contributed by atoms with Gasteiger partial charge in [-0.05, 0) is 49.4 Å². The number of hydrogen-bond donors (Lipinski definition) is 1. The highest BCUT2D eigenvalue weighted by Crippen LogP contribution is 2.33. The highest BCUT2D eigenvalue weighted by Gasteiger charge is 2.36. The van der Waals surface area contributed by atoms with E-state index in [1.807, 2.05) is 48.7 Å². The maximum absolute atomic E-state index is 13.9. The minimum atomic E-state index is -0.846. The van der Waals surface area contributed by atoms with Crippen molar-refractivity contribution < 1.29 is 14.3 Å². The number of aromatic nitrogens is 1. The smallest absolute Gasteiger partial charge is 0.273 e. The summed E-state index contributed by atoms with van der Waals surface area (Å²) in [7, 11) is 0. The molecule has 1 N–H and O–H groups in total. The second-order valence-corrected chi connectivity index (χ2v) is 9.48. The number of nitrogens with zero attached hydrogens (tertiary/aromatic N) is 2. The summed E-state index contributed by atoms with van der Waals surface area (Å²) in [5.74, 6) is 0.141. The lowest BCUT2D eigenvalue weighted by molar-refractivity contribution is -0.127. The third kappa shape index (κ3) is 5.83. The van der Waals surface area contributed by atoms with Crippen LogP contribution in [0.1, 0.15) is 66.0 Å². The van der Waals surface area contributed by atoms with Crippen LogP contribution in [0.3, 0.4) is 0 Å². The predicted molar refractivity (Wildman–Crippen MR) is 134 cm³/mol. The van der Waals surface area contributed by atoms with Crippen molar-refractivity contribution in [1.82, 2.24) is 15.2 Å². The van der Waals surface area contributed by atoms with Crippen molar-refractivity contribution in [3.8, 4) is 5.75 Å². The van der Waals surface area contributed by atoms with E-state index in [9.17, 15) is 9.59 Å². The minimum Gasteiger partial charge on any atom is -0.494 e. The molecule has 0 spiro atoms. The van der Waals surface area contributed by atoms with Crippen molar-refractivity contribution in [3.05, 3.63) is 82.3 Å². The minimum absolute atomic E-state index is 0.122. The normalized spacial score (nSPS) is 14.9. The number of carbonyl (C=O) groups excluding carboxylic acids is 2. The number of hydrogen-bond acceptors (Lipinski definition) is 5. The van der Waals surface area contributed by atoms with Gasteiger partial charge in [0, 0.05) is 22.7 Å².